The lowest BCUT2D eigenvalue weighted by molar-refractivity contribution is -0.898. The van der Waals surface area contributed by atoms with Crippen LogP contribution in [0, 0.1) is 18.7 Å². The van der Waals surface area contributed by atoms with Crippen molar-refractivity contribution < 1.29 is 18.9 Å². The predicted octanol–water partition coefficient (Wildman–Crippen LogP) is 1.59. The number of nitrogens with zero attached hydrogens (tertiary/aromatic N) is 2. The summed E-state index contributed by atoms with van der Waals surface area (Å²) < 4.78 is 13.4. The van der Waals surface area contributed by atoms with Crippen molar-refractivity contribution in [2.75, 3.05) is 19.6 Å². The van der Waals surface area contributed by atoms with Crippen molar-refractivity contribution in [2.45, 2.75) is 32.2 Å². The monoisotopic (exact) mass is 423 g/mol. The maximum Gasteiger partial charge on any atom is 0.298 e. The number of likely N-dealkylation sites (tertiary alicyclic amines) is 1. The molecule has 2 aliphatic heterocycles. The van der Waals surface area contributed by atoms with Crippen LogP contribution in [0.1, 0.15) is 42.0 Å². The molecule has 3 N–H and O–H groups in total. The van der Waals surface area contributed by atoms with Gasteiger partial charge in [0.1, 0.15) is 5.82 Å². The van der Waals surface area contributed by atoms with Gasteiger partial charge in [0.05, 0.1) is 24.8 Å². The lowest BCUT2D eigenvalue weighted by Gasteiger charge is -2.29. The maximum absolute atomic E-state index is 13.4. The average Bonchev–Trinajstić information content (AvgIpc) is 3.20. The molecule has 0 radical (unpaired) electrons. The van der Waals surface area contributed by atoms with E-state index in [2.05, 4.69) is 5.10 Å². The molecule has 7 heteroatoms. The van der Waals surface area contributed by atoms with Gasteiger partial charge in [-0.25, -0.2) is 9.40 Å². The first kappa shape index (κ1) is 21.2. The van der Waals surface area contributed by atoms with Gasteiger partial charge in [0.15, 0.2) is 6.54 Å². The number of nitrogens with one attached hydrogen (secondary N) is 1. The fourth-order valence-electron chi connectivity index (χ4n) is 4.54. The number of hydrazone groups is 1. The number of halogens is 1. The second-order valence-corrected chi connectivity index (χ2v) is 8.47. The number of aryl methyl sites for hydroxylation is 1. The van der Waals surface area contributed by atoms with E-state index in [4.69, 9.17) is 5.73 Å². The molecule has 2 amide bonds. The highest BCUT2D eigenvalue weighted by Crippen LogP contribution is 2.34. The van der Waals surface area contributed by atoms with Crippen molar-refractivity contribution >= 4 is 17.5 Å². The van der Waals surface area contributed by atoms with E-state index in [-0.39, 0.29) is 29.6 Å². The van der Waals surface area contributed by atoms with Gasteiger partial charge in [0.25, 0.3) is 5.91 Å². The Hall–Kier alpha value is -3.06. The van der Waals surface area contributed by atoms with Gasteiger partial charge in [0, 0.05) is 25.2 Å². The molecule has 6 nitrogen and oxygen atoms in total. The van der Waals surface area contributed by atoms with E-state index in [1.54, 1.807) is 17.1 Å². The molecule has 2 heterocycles. The van der Waals surface area contributed by atoms with Gasteiger partial charge in [-0.15, -0.1) is 0 Å². The van der Waals surface area contributed by atoms with Crippen LogP contribution in [0.4, 0.5) is 4.39 Å². The fourth-order valence-corrected chi connectivity index (χ4v) is 4.54. The largest absolute Gasteiger partial charge is 0.369 e. The van der Waals surface area contributed by atoms with E-state index in [1.165, 1.54) is 12.1 Å². The number of hydrogen-bond acceptors (Lipinski definition) is 3. The molecule has 0 aliphatic carbocycles. The Labute approximate surface area is 181 Å². The van der Waals surface area contributed by atoms with Crippen LogP contribution in [0.5, 0.6) is 0 Å². The summed E-state index contributed by atoms with van der Waals surface area (Å²) in [4.78, 5) is 25.9. The number of rotatable bonds is 5. The Morgan fingerprint density at radius 3 is 2.45 bits per heavy atom. The van der Waals surface area contributed by atoms with Crippen LogP contribution in [-0.4, -0.2) is 42.2 Å². The molecule has 2 aromatic rings. The molecule has 1 saturated heterocycles. The Morgan fingerprint density at radius 1 is 1.13 bits per heavy atom. The minimum atomic E-state index is -0.298. The summed E-state index contributed by atoms with van der Waals surface area (Å²) in [5, 5.41) is 6.29. The number of benzene rings is 2. The van der Waals surface area contributed by atoms with Gasteiger partial charge in [-0.3, -0.25) is 9.59 Å². The zero-order chi connectivity index (χ0) is 22.0. The summed E-state index contributed by atoms with van der Waals surface area (Å²) in [5.41, 5.74) is 9.21. The van der Waals surface area contributed by atoms with Crippen LogP contribution < -0.4 is 10.6 Å². The van der Waals surface area contributed by atoms with Gasteiger partial charge in [-0.1, -0.05) is 36.4 Å². The summed E-state index contributed by atoms with van der Waals surface area (Å²) in [7, 11) is 0. The van der Waals surface area contributed by atoms with Crippen molar-refractivity contribution in [1.29, 1.82) is 0 Å². The van der Waals surface area contributed by atoms with E-state index in [1.807, 2.05) is 31.2 Å². The SMILES string of the molecule is Cc1ccccc1C1CC(c2ccc(F)cc2)=NN1C(=O)C[NH+]1CCC(C(N)=O)CC1. The Balaban J connectivity index is 1.55. The molecule has 162 valence electrons. The second-order valence-electron chi connectivity index (χ2n) is 8.47. The average molecular weight is 424 g/mol. The van der Waals surface area contributed by atoms with Crippen molar-refractivity contribution in [1.82, 2.24) is 5.01 Å². The quantitative estimate of drug-likeness (QED) is 0.766. The highest BCUT2D eigenvalue weighted by Gasteiger charge is 2.36. The Kier molecular flexibility index (Phi) is 6.13. The molecular formula is C24H28FN4O2+. The summed E-state index contributed by atoms with van der Waals surface area (Å²) in [6.07, 6.45) is 2.01. The second kappa shape index (κ2) is 8.98. The van der Waals surface area contributed by atoms with E-state index in [9.17, 15) is 14.0 Å². The lowest BCUT2D eigenvalue weighted by atomic mass is 9.95. The van der Waals surface area contributed by atoms with Crippen LogP contribution in [-0.2, 0) is 9.59 Å². The third-order valence-corrected chi connectivity index (χ3v) is 6.39. The van der Waals surface area contributed by atoms with Gasteiger partial charge in [-0.2, -0.15) is 5.10 Å². The molecule has 1 unspecified atom stereocenters. The van der Waals surface area contributed by atoms with E-state index < -0.39 is 0 Å². The molecule has 2 aromatic carbocycles. The molecule has 0 saturated carbocycles. The number of hydrogen-bond donors (Lipinski definition) is 2. The topological polar surface area (TPSA) is 80.2 Å². The fraction of sp³-hybridized carbons (Fsp3) is 0.375. The first-order valence-electron chi connectivity index (χ1n) is 10.8. The third kappa shape index (κ3) is 4.66. The van der Waals surface area contributed by atoms with Crippen molar-refractivity contribution in [3.05, 3.63) is 71.0 Å². The molecule has 2 aliphatic rings. The Bertz CT molecular complexity index is 997. The third-order valence-electron chi connectivity index (χ3n) is 6.39. The van der Waals surface area contributed by atoms with Gasteiger partial charge < -0.3 is 10.6 Å². The van der Waals surface area contributed by atoms with Crippen LogP contribution in [0.2, 0.25) is 0 Å². The molecule has 0 spiro atoms. The minimum absolute atomic E-state index is 0.0436. The number of quaternary nitrogens is 1. The molecule has 1 fully saturated rings. The zero-order valence-electron chi connectivity index (χ0n) is 17.7. The normalized spacial score (nSPS) is 23.5. The summed E-state index contributed by atoms with van der Waals surface area (Å²) >= 11 is 0. The van der Waals surface area contributed by atoms with Crippen molar-refractivity contribution in [2.24, 2.45) is 16.8 Å². The molecule has 0 bridgehead atoms. The first-order chi connectivity index (χ1) is 14.9. The molecule has 4 rings (SSSR count). The smallest absolute Gasteiger partial charge is 0.298 e. The van der Waals surface area contributed by atoms with Gasteiger partial charge in [-0.05, 0) is 35.7 Å². The van der Waals surface area contributed by atoms with Crippen LogP contribution >= 0.6 is 0 Å². The summed E-state index contributed by atoms with van der Waals surface area (Å²) in [5.74, 6) is -0.682. The number of nitrogens with two attached hydrogens (primary N) is 1. The van der Waals surface area contributed by atoms with Crippen molar-refractivity contribution in [3.63, 3.8) is 0 Å². The van der Waals surface area contributed by atoms with E-state index in [0.717, 1.165) is 40.4 Å². The summed E-state index contributed by atoms with van der Waals surface area (Å²) in [6, 6.07) is 14.1. The van der Waals surface area contributed by atoms with Gasteiger partial charge in [0.2, 0.25) is 5.91 Å². The zero-order valence-corrected chi connectivity index (χ0v) is 17.7. The lowest BCUT2D eigenvalue weighted by Crippen LogP contribution is -3.14. The maximum atomic E-state index is 13.4. The van der Waals surface area contributed by atoms with Crippen LogP contribution in [0.15, 0.2) is 53.6 Å². The number of piperidine rings is 1. The minimum Gasteiger partial charge on any atom is -0.369 e. The molecule has 31 heavy (non-hydrogen) atoms. The van der Waals surface area contributed by atoms with Crippen LogP contribution in [0.3, 0.4) is 0 Å². The Morgan fingerprint density at radius 2 is 1.81 bits per heavy atom. The van der Waals surface area contributed by atoms with Crippen LogP contribution in [0.25, 0.3) is 0 Å². The summed E-state index contributed by atoms with van der Waals surface area (Å²) in [6.45, 7) is 3.86. The first-order valence-corrected chi connectivity index (χ1v) is 10.8. The highest BCUT2D eigenvalue weighted by molar-refractivity contribution is 6.03. The van der Waals surface area contributed by atoms with E-state index in [0.29, 0.717) is 25.8 Å². The van der Waals surface area contributed by atoms with Gasteiger partial charge >= 0.3 is 0 Å². The number of carbonyl (C=O) groups excluding carboxylic acids is 2. The van der Waals surface area contributed by atoms with Crippen molar-refractivity contribution in [3.8, 4) is 0 Å². The predicted molar refractivity (Wildman–Crippen MR) is 116 cm³/mol. The number of carbonyl (C=O) groups is 2. The molecular weight excluding hydrogens is 395 g/mol. The number of primary amides is 1. The molecule has 0 aromatic heterocycles. The molecule has 1 atom stereocenters. The standard InChI is InChI=1S/C24H27FN4O2/c1-16-4-2-3-5-20(16)22-14-21(17-6-8-19(25)9-7-17)27-29(22)23(30)15-28-12-10-18(11-13-28)24(26)31/h2-9,18,22H,10-15H2,1H3,(H2,26,31)/p+1. The highest BCUT2D eigenvalue weighted by atomic mass is 19.1. The van der Waals surface area contributed by atoms with E-state index >= 15 is 0 Å². The number of amides is 2.